The SMILES string of the molecule is COc1cccc(CNC(Cc2cccs2)c2nccs2)c1OC. The van der Waals surface area contributed by atoms with E-state index >= 15 is 0 Å². The van der Waals surface area contributed by atoms with Gasteiger partial charge in [-0.2, -0.15) is 0 Å². The molecule has 0 aliphatic rings. The van der Waals surface area contributed by atoms with Crippen LogP contribution in [-0.2, 0) is 13.0 Å². The first kappa shape index (κ1) is 17.0. The maximum Gasteiger partial charge on any atom is 0.165 e. The molecule has 0 amide bonds. The van der Waals surface area contributed by atoms with E-state index in [2.05, 4.69) is 33.9 Å². The van der Waals surface area contributed by atoms with Crippen molar-refractivity contribution in [2.24, 2.45) is 0 Å². The monoisotopic (exact) mass is 360 g/mol. The lowest BCUT2D eigenvalue weighted by atomic mass is 10.1. The van der Waals surface area contributed by atoms with Crippen molar-refractivity contribution in [3.8, 4) is 11.5 Å². The summed E-state index contributed by atoms with van der Waals surface area (Å²) < 4.78 is 10.9. The fraction of sp³-hybridized carbons (Fsp3) is 0.278. The van der Waals surface area contributed by atoms with Gasteiger partial charge in [-0.3, -0.25) is 0 Å². The molecule has 2 heterocycles. The molecule has 1 atom stereocenters. The molecule has 0 saturated carbocycles. The molecule has 126 valence electrons. The first-order valence-corrected chi connectivity index (χ1v) is 9.42. The van der Waals surface area contributed by atoms with E-state index in [1.807, 2.05) is 23.7 Å². The van der Waals surface area contributed by atoms with Crippen molar-refractivity contribution < 1.29 is 9.47 Å². The van der Waals surface area contributed by atoms with Crippen molar-refractivity contribution in [2.75, 3.05) is 14.2 Å². The number of hydrogen-bond donors (Lipinski definition) is 1. The second-order valence-electron chi connectivity index (χ2n) is 5.24. The molecular weight excluding hydrogens is 340 g/mol. The minimum absolute atomic E-state index is 0.180. The van der Waals surface area contributed by atoms with Crippen molar-refractivity contribution in [3.05, 3.63) is 62.7 Å². The number of thiophene rings is 1. The summed E-state index contributed by atoms with van der Waals surface area (Å²) in [4.78, 5) is 5.84. The van der Waals surface area contributed by atoms with Crippen molar-refractivity contribution in [3.63, 3.8) is 0 Å². The average molecular weight is 361 g/mol. The number of ether oxygens (including phenoxy) is 2. The zero-order valence-corrected chi connectivity index (χ0v) is 15.3. The van der Waals surface area contributed by atoms with Crippen LogP contribution in [0.15, 0.2) is 47.3 Å². The molecule has 1 unspecified atom stereocenters. The van der Waals surface area contributed by atoms with E-state index in [0.717, 1.165) is 28.5 Å². The molecule has 0 saturated heterocycles. The van der Waals surface area contributed by atoms with E-state index < -0.39 is 0 Å². The standard InChI is InChI=1S/C18H20N2O2S2/c1-21-16-7-3-5-13(17(16)22-2)12-20-15(18-19-8-10-24-18)11-14-6-4-9-23-14/h3-10,15,20H,11-12H2,1-2H3. The number of hydrogen-bond acceptors (Lipinski definition) is 6. The molecular formula is C18H20N2O2S2. The molecule has 3 aromatic rings. The first-order valence-electron chi connectivity index (χ1n) is 7.67. The third-order valence-electron chi connectivity index (χ3n) is 3.76. The molecule has 0 fully saturated rings. The van der Waals surface area contributed by atoms with E-state index in [1.54, 1.807) is 36.9 Å². The highest BCUT2D eigenvalue weighted by atomic mass is 32.1. The highest BCUT2D eigenvalue weighted by Crippen LogP contribution is 2.31. The lowest BCUT2D eigenvalue weighted by Crippen LogP contribution is -2.23. The highest BCUT2D eigenvalue weighted by molar-refractivity contribution is 7.10. The molecule has 0 spiro atoms. The van der Waals surface area contributed by atoms with Crippen LogP contribution in [0, 0.1) is 0 Å². The Kier molecular flexibility index (Phi) is 5.85. The zero-order valence-electron chi connectivity index (χ0n) is 13.7. The molecule has 0 aliphatic heterocycles. The van der Waals surface area contributed by atoms with Crippen LogP contribution in [0.4, 0.5) is 0 Å². The molecule has 0 bridgehead atoms. The van der Waals surface area contributed by atoms with Gasteiger partial charge in [-0.05, 0) is 17.5 Å². The van der Waals surface area contributed by atoms with Crippen LogP contribution in [0.1, 0.15) is 21.5 Å². The van der Waals surface area contributed by atoms with Crippen LogP contribution in [-0.4, -0.2) is 19.2 Å². The Labute approximate surface area is 150 Å². The lowest BCUT2D eigenvalue weighted by molar-refractivity contribution is 0.349. The number of aromatic nitrogens is 1. The topological polar surface area (TPSA) is 43.4 Å². The summed E-state index contributed by atoms with van der Waals surface area (Å²) in [6.45, 7) is 0.690. The smallest absolute Gasteiger partial charge is 0.165 e. The largest absolute Gasteiger partial charge is 0.493 e. The van der Waals surface area contributed by atoms with E-state index in [1.165, 1.54) is 4.88 Å². The summed E-state index contributed by atoms with van der Waals surface area (Å²) >= 11 is 3.46. The number of thiazole rings is 1. The second-order valence-corrected chi connectivity index (χ2v) is 7.20. The molecule has 0 aliphatic carbocycles. The molecule has 0 radical (unpaired) electrons. The minimum atomic E-state index is 0.180. The van der Waals surface area contributed by atoms with Crippen molar-refractivity contribution >= 4 is 22.7 Å². The fourth-order valence-corrected chi connectivity index (χ4v) is 4.08. The number of methoxy groups -OCH3 is 2. The second kappa shape index (κ2) is 8.28. The number of benzene rings is 1. The normalized spacial score (nSPS) is 12.1. The zero-order chi connectivity index (χ0) is 16.8. The third kappa shape index (κ3) is 3.95. The quantitative estimate of drug-likeness (QED) is 0.651. The first-order chi connectivity index (χ1) is 11.8. The lowest BCUT2D eigenvalue weighted by Gasteiger charge is -2.18. The van der Waals surface area contributed by atoms with E-state index in [-0.39, 0.29) is 6.04 Å². The average Bonchev–Trinajstić information content (AvgIpc) is 3.31. The van der Waals surface area contributed by atoms with Gasteiger partial charge in [0.25, 0.3) is 0 Å². The van der Waals surface area contributed by atoms with Crippen LogP contribution in [0.25, 0.3) is 0 Å². The van der Waals surface area contributed by atoms with Gasteiger partial charge >= 0.3 is 0 Å². The molecule has 2 aromatic heterocycles. The summed E-state index contributed by atoms with van der Waals surface area (Å²) in [5, 5.41) is 8.85. The van der Waals surface area contributed by atoms with Crippen LogP contribution in [0.5, 0.6) is 11.5 Å². The van der Waals surface area contributed by atoms with Gasteiger partial charge in [0, 0.05) is 35.0 Å². The van der Waals surface area contributed by atoms with Gasteiger partial charge in [0.05, 0.1) is 20.3 Å². The van der Waals surface area contributed by atoms with Crippen LogP contribution < -0.4 is 14.8 Å². The summed E-state index contributed by atoms with van der Waals surface area (Å²) in [6, 6.07) is 10.4. The summed E-state index contributed by atoms with van der Waals surface area (Å²) in [5.74, 6) is 1.53. The van der Waals surface area contributed by atoms with E-state index in [4.69, 9.17) is 9.47 Å². The Hall–Kier alpha value is -1.89. The maximum absolute atomic E-state index is 5.52. The number of nitrogens with one attached hydrogen (secondary N) is 1. The van der Waals surface area contributed by atoms with Gasteiger partial charge in [0.15, 0.2) is 11.5 Å². The number of para-hydroxylation sites is 1. The number of nitrogens with zero attached hydrogens (tertiary/aromatic N) is 1. The van der Waals surface area contributed by atoms with Gasteiger partial charge in [-0.15, -0.1) is 22.7 Å². The Bertz CT molecular complexity index is 742. The molecule has 4 nitrogen and oxygen atoms in total. The predicted molar refractivity (Wildman–Crippen MR) is 99.3 cm³/mol. The van der Waals surface area contributed by atoms with Crippen molar-refractivity contribution in [2.45, 2.75) is 19.0 Å². The summed E-state index contributed by atoms with van der Waals surface area (Å²) in [6.07, 6.45) is 2.78. The molecule has 24 heavy (non-hydrogen) atoms. The minimum Gasteiger partial charge on any atom is -0.493 e. The number of rotatable bonds is 8. The molecule has 1 N–H and O–H groups in total. The van der Waals surface area contributed by atoms with Gasteiger partial charge in [0.2, 0.25) is 0 Å². The van der Waals surface area contributed by atoms with Crippen LogP contribution in [0.3, 0.4) is 0 Å². The summed E-state index contributed by atoms with van der Waals surface area (Å²) in [5.41, 5.74) is 1.07. The van der Waals surface area contributed by atoms with Gasteiger partial charge in [-0.25, -0.2) is 4.98 Å². The van der Waals surface area contributed by atoms with E-state index in [0.29, 0.717) is 6.54 Å². The summed E-state index contributed by atoms with van der Waals surface area (Å²) in [7, 11) is 3.33. The van der Waals surface area contributed by atoms with Gasteiger partial charge in [-0.1, -0.05) is 18.2 Å². The third-order valence-corrected chi connectivity index (χ3v) is 5.55. The Morgan fingerprint density at radius 1 is 1.08 bits per heavy atom. The van der Waals surface area contributed by atoms with E-state index in [9.17, 15) is 0 Å². The van der Waals surface area contributed by atoms with Gasteiger partial charge in [0.1, 0.15) is 5.01 Å². The highest BCUT2D eigenvalue weighted by Gasteiger charge is 2.17. The molecule has 3 rings (SSSR count). The molecule has 6 heteroatoms. The van der Waals surface area contributed by atoms with Crippen LogP contribution in [0.2, 0.25) is 0 Å². The maximum atomic E-state index is 5.52. The van der Waals surface area contributed by atoms with Crippen LogP contribution >= 0.6 is 22.7 Å². The Morgan fingerprint density at radius 2 is 2.00 bits per heavy atom. The van der Waals surface area contributed by atoms with Crippen molar-refractivity contribution in [1.29, 1.82) is 0 Å². The Balaban J connectivity index is 1.76. The van der Waals surface area contributed by atoms with Crippen molar-refractivity contribution in [1.82, 2.24) is 10.3 Å². The van der Waals surface area contributed by atoms with Gasteiger partial charge < -0.3 is 14.8 Å². The predicted octanol–water partition coefficient (Wildman–Crippen LogP) is 4.30. The fourth-order valence-electron chi connectivity index (χ4n) is 2.61. The Morgan fingerprint density at radius 3 is 2.67 bits per heavy atom. The molecule has 1 aromatic carbocycles.